The quantitative estimate of drug-likeness (QED) is 0.797. The Labute approximate surface area is 147 Å². The molecule has 0 atom stereocenters. The van der Waals surface area contributed by atoms with Crippen molar-refractivity contribution in [3.05, 3.63) is 53.1 Å². The van der Waals surface area contributed by atoms with Gasteiger partial charge in [0.2, 0.25) is 0 Å². The van der Waals surface area contributed by atoms with E-state index in [4.69, 9.17) is 9.47 Å². The van der Waals surface area contributed by atoms with Crippen LogP contribution in [0.25, 0.3) is 0 Å². The van der Waals surface area contributed by atoms with Crippen LogP contribution in [0.4, 0.5) is 5.69 Å². The second kappa shape index (κ2) is 7.57. The van der Waals surface area contributed by atoms with E-state index in [0.29, 0.717) is 16.9 Å². The number of carbonyl (C=O) groups is 1. The standard InChI is InChI=1S/C18H21NO5S/c1-5-24-18(20)14-8-6-7-9-15(14)19-25(21,22)17-11-12(2)16(23-4)10-13(17)3/h6-11,19H,5H2,1-4H3. The number of hydrogen-bond acceptors (Lipinski definition) is 5. The fraction of sp³-hybridized carbons (Fsp3) is 0.278. The van der Waals surface area contributed by atoms with Gasteiger partial charge < -0.3 is 9.47 Å². The van der Waals surface area contributed by atoms with Gasteiger partial charge in [-0.1, -0.05) is 12.1 Å². The van der Waals surface area contributed by atoms with Crippen LogP contribution >= 0.6 is 0 Å². The molecule has 0 radical (unpaired) electrons. The van der Waals surface area contributed by atoms with Crippen molar-refractivity contribution in [1.29, 1.82) is 0 Å². The second-order valence-corrected chi connectivity index (χ2v) is 7.11. The number of esters is 1. The molecule has 0 amide bonds. The molecule has 0 unspecified atom stereocenters. The number of methoxy groups -OCH3 is 1. The highest BCUT2D eigenvalue weighted by molar-refractivity contribution is 7.92. The molecule has 2 aromatic carbocycles. The Kier molecular flexibility index (Phi) is 5.69. The summed E-state index contributed by atoms with van der Waals surface area (Å²) >= 11 is 0. The van der Waals surface area contributed by atoms with Crippen molar-refractivity contribution >= 4 is 21.7 Å². The van der Waals surface area contributed by atoms with Gasteiger partial charge in [0.05, 0.1) is 29.9 Å². The largest absolute Gasteiger partial charge is 0.496 e. The molecule has 2 rings (SSSR count). The molecule has 25 heavy (non-hydrogen) atoms. The van der Waals surface area contributed by atoms with Crippen molar-refractivity contribution in [2.24, 2.45) is 0 Å². The lowest BCUT2D eigenvalue weighted by Crippen LogP contribution is -2.17. The summed E-state index contributed by atoms with van der Waals surface area (Å²) in [5, 5.41) is 0. The molecule has 0 fully saturated rings. The molecule has 134 valence electrons. The van der Waals surface area contributed by atoms with Gasteiger partial charge in [0, 0.05) is 0 Å². The van der Waals surface area contributed by atoms with E-state index in [0.717, 1.165) is 0 Å². The average molecular weight is 363 g/mol. The Morgan fingerprint density at radius 3 is 2.44 bits per heavy atom. The summed E-state index contributed by atoms with van der Waals surface area (Å²) in [4.78, 5) is 12.1. The lowest BCUT2D eigenvalue weighted by atomic mass is 10.1. The number of benzene rings is 2. The number of rotatable bonds is 6. The molecule has 0 spiro atoms. The van der Waals surface area contributed by atoms with E-state index in [-0.39, 0.29) is 22.8 Å². The van der Waals surface area contributed by atoms with Gasteiger partial charge in [0.25, 0.3) is 10.0 Å². The van der Waals surface area contributed by atoms with Crippen LogP contribution in [0.1, 0.15) is 28.4 Å². The fourth-order valence-electron chi connectivity index (χ4n) is 2.43. The zero-order valence-electron chi connectivity index (χ0n) is 14.6. The zero-order chi connectivity index (χ0) is 18.6. The third-order valence-electron chi connectivity index (χ3n) is 3.65. The van der Waals surface area contributed by atoms with E-state index in [1.807, 2.05) is 0 Å². The van der Waals surface area contributed by atoms with Crippen LogP contribution in [-0.4, -0.2) is 28.1 Å². The first-order chi connectivity index (χ1) is 11.8. The van der Waals surface area contributed by atoms with Gasteiger partial charge in [-0.15, -0.1) is 0 Å². The number of carbonyl (C=O) groups excluding carboxylic acids is 1. The third kappa shape index (κ3) is 4.11. The number of anilines is 1. The number of sulfonamides is 1. The summed E-state index contributed by atoms with van der Waals surface area (Å²) in [6, 6.07) is 9.54. The van der Waals surface area contributed by atoms with Gasteiger partial charge in [-0.05, 0) is 56.2 Å². The molecule has 0 aliphatic rings. The Balaban J connectivity index is 2.44. The van der Waals surface area contributed by atoms with Gasteiger partial charge in [0.1, 0.15) is 5.75 Å². The van der Waals surface area contributed by atoms with Crippen LogP contribution in [0.15, 0.2) is 41.3 Å². The Hall–Kier alpha value is -2.54. The predicted octanol–water partition coefficient (Wildman–Crippen LogP) is 3.29. The summed E-state index contributed by atoms with van der Waals surface area (Å²) in [7, 11) is -2.34. The third-order valence-corrected chi connectivity index (χ3v) is 5.16. The highest BCUT2D eigenvalue weighted by Crippen LogP contribution is 2.28. The molecule has 0 aliphatic heterocycles. The molecule has 7 heteroatoms. The van der Waals surface area contributed by atoms with Gasteiger partial charge in [0.15, 0.2) is 0 Å². The molecule has 0 saturated carbocycles. The van der Waals surface area contributed by atoms with Crippen LogP contribution in [0.5, 0.6) is 5.75 Å². The Bertz CT molecular complexity index is 890. The molecule has 1 N–H and O–H groups in total. The highest BCUT2D eigenvalue weighted by atomic mass is 32.2. The van der Waals surface area contributed by atoms with Crippen molar-refractivity contribution in [2.75, 3.05) is 18.4 Å². The van der Waals surface area contributed by atoms with Crippen molar-refractivity contribution < 1.29 is 22.7 Å². The molecule has 0 bridgehead atoms. The lowest BCUT2D eigenvalue weighted by molar-refractivity contribution is 0.0527. The lowest BCUT2D eigenvalue weighted by Gasteiger charge is -2.15. The molecule has 0 saturated heterocycles. The summed E-state index contributed by atoms with van der Waals surface area (Å²) < 4.78 is 38.3. The molecular weight excluding hydrogens is 342 g/mol. The van der Waals surface area contributed by atoms with E-state index < -0.39 is 16.0 Å². The van der Waals surface area contributed by atoms with Crippen LogP contribution in [-0.2, 0) is 14.8 Å². The topological polar surface area (TPSA) is 81.7 Å². The molecule has 0 aliphatic carbocycles. The zero-order valence-corrected chi connectivity index (χ0v) is 15.4. The predicted molar refractivity (Wildman–Crippen MR) is 95.7 cm³/mol. The van der Waals surface area contributed by atoms with Gasteiger partial charge in [-0.25, -0.2) is 13.2 Å². The number of nitrogens with one attached hydrogen (secondary N) is 1. The average Bonchev–Trinajstić information content (AvgIpc) is 2.56. The van der Waals surface area contributed by atoms with Crippen molar-refractivity contribution in [1.82, 2.24) is 0 Å². The van der Waals surface area contributed by atoms with E-state index in [9.17, 15) is 13.2 Å². The smallest absolute Gasteiger partial charge is 0.340 e. The Morgan fingerprint density at radius 2 is 1.80 bits per heavy atom. The summed E-state index contributed by atoms with van der Waals surface area (Å²) in [5.41, 5.74) is 1.58. The number of aryl methyl sites for hydroxylation is 2. The van der Waals surface area contributed by atoms with Crippen molar-refractivity contribution in [3.63, 3.8) is 0 Å². The highest BCUT2D eigenvalue weighted by Gasteiger charge is 2.22. The normalized spacial score (nSPS) is 11.0. The minimum absolute atomic E-state index is 0.129. The maximum Gasteiger partial charge on any atom is 0.340 e. The van der Waals surface area contributed by atoms with E-state index >= 15 is 0 Å². The molecule has 0 aromatic heterocycles. The maximum atomic E-state index is 12.8. The van der Waals surface area contributed by atoms with E-state index in [1.165, 1.54) is 19.2 Å². The summed E-state index contributed by atoms with van der Waals surface area (Å²) in [5.74, 6) is 0.0341. The first kappa shape index (κ1) is 18.8. The van der Waals surface area contributed by atoms with Gasteiger partial charge in [-0.2, -0.15) is 0 Å². The monoisotopic (exact) mass is 363 g/mol. The summed E-state index contributed by atoms with van der Waals surface area (Å²) in [6.45, 7) is 5.35. The minimum atomic E-state index is -3.88. The molecule has 6 nitrogen and oxygen atoms in total. The molecule has 2 aromatic rings. The first-order valence-electron chi connectivity index (χ1n) is 7.74. The Morgan fingerprint density at radius 1 is 1.12 bits per heavy atom. The SMILES string of the molecule is CCOC(=O)c1ccccc1NS(=O)(=O)c1cc(C)c(OC)cc1C. The van der Waals surface area contributed by atoms with Crippen LogP contribution in [0, 0.1) is 13.8 Å². The van der Waals surface area contributed by atoms with E-state index in [2.05, 4.69) is 4.72 Å². The van der Waals surface area contributed by atoms with E-state index in [1.54, 1.807) is 45.0 Å². The summed E-state index contributed by atoms with van der Waals surface area (Å²) in [6.07, 6.45) is 0. The molecular formula is C18H21NO5S. The number of ether oxygens (including phenoxy) is 2. The van der Waals surface area contributed by atoms with Crippen LogP contribution in [0.3, 0.4) is 0 Å². The van der Waals surface area contributed by atoms with Crippen molar-refractivity contribution in [2.45, 2.75) is 25.7 Å². The minimum Gasteiger partial charge on any atom is -0.496 e. The van der Waals surface area contributed by atoms with Crippen LogP contribution < -0.4 is 9.46 Å². The number of hydrogen-bond donors (Lipinski definition) is 1. The number of para-hydroxylation sites is 1. The first-order valence-corrected chi connectivity index (χ1v) is 9.22. The van der Waals surface area contributed by atoms with Gasteiger partial charge >= 0.3 is 5.97 Å². The molecule has 0 heterocycles. The van der Waals surface area contributed by atoms with Crippen LogP contribution in [0.2, 0.25) is 0 Å². The van der Waals surface area contributed by atoms with Crippen molar-refractivity contribution in [3.8, 4) is 5.75 Å². The maximum absolute atomic E-state index is 12.8. The second-order valence-electron chi connectivity index (χ2n) is 5.46. The fourth-order valence-corrected chi connectivity index (χ4v) is 3.82. The van der Waals surface area contributed by atoms with Gasteiger partial charge in [-0.3, -0.25) is 4.72 Å².